The van der Waals surface area contributed by atoms with Crippen LogP contribution in [-0.2, 0) is 0 Å². The molecule has 1 atom stereocenters. The second kappa shape index (κ2) is 5.53. The van der Waals surface area contributed by atoms with Crippen LogP contribution in [0, 0.1) is 17.5 Å². The summed E-state index contributed by atoms with van der Waals surface area (Å²) in [6, 6.07) is 6.70. The molecule has 0 fully saturated rings. The predicted molar refractivity (Wildman–Crippen MR) is 69.8 cm³/mol. The van der Waals surface area contributed by atoms with E-state index in [1.165, 1.54) is 12.1 Å². The van der Waals surface area contributed by atoms with Crippen LogP contribution >= 0.6 is 11.6 Å². The van der Waals surface area contributed by atoms with E-state index in [0.29, 0.717) is 0 Å². The maximum Gasteiger partial charge on any atom is 0.147 e. The van der Waals surface area contributed by atoms with E-state index in [4.69, 9.17) is 11.6 Å². The minimum Gasteiger partial charge on any atom is -0.376 e. The van der Waals surface area contributed by atoms with Gasteiger partial charge in [-0.15, -0.1) is 0 Å². The summed E-state index contributed by atoms with van der Waals surface area (Å²) in [6.45, 7) is 1.62. The van der Waals surface area contributed by atoms with Crippen LogP contribution in [0.15, 0.2) is 36.4 Å². The third kappa shape index (κ3) is 3.20. The fourth-order valence-electron chi connectivity index (χ4n) is 1.76. The molecule has 0 aliphatic heterocycles. The van der Waals surface area contributed by atoms with Crippen molar-refractivity contribution in [2.45, 2.75) is 13.0 Å². The van der Waals surface area contributed by atoms with Crippen LogP contribution in [0.25, 0.3) is 0 Å². The molecule has 0 aliphatic rings. The van der Waals surface area contributed by atoms with Crippen molar-refractivity contribution < 1.29 is 13.2 Å². The number of anilines is 1. The highest BCUT2D eigenvalue weighted by Crippen LogP contribution is 2.25. The quantitative estimate of drug-likeness (QED) is 0.843. The number of hydrogen-bond acceptors (Lipinski definition) is 1. The first kappa shape index (κ1) is 13.7. The molecule has 1 unspecified atom stereocenters. The first-order valence-corrected chi connectivity index (χ1v) is 6.01. The Hall–Kier alpha value is -1.68. The predicted octanol–water partition coefficient (Wildman–Crippen LogP) is 4.93. The number of hydrogen-bond donors (Lipinski definition) is 1. The van der Waals surface area contributed by atoms with E-state index in [1.54, 1.807) is 6.92 Å². The van der Waals surface area contributed by atoms with Crippen molar-refractivity contribution in [2.75, 3.05) is 5.32 Å². The molecule has 0 radical (unpaired) electrons. The van der Waals surface area contributed by atoms with E-state index in [2.05, 4.69) is 5.32 Å². The molecule has 2 aromatic carbocycles. The Balaban J connectivity index is 2.25. The van der Waals surface area contributed by atoms with Crippen LogP contribution in [0.5, 0.6) is 0 Å². The van der Waals surface area contributed by atoms with Gasteiger partial charge >= 0.3 is 0 Å². The van der Waals surface area contributed by atoms with Crippen molar-refractivity contribution in [3.8, 4) is 0 Å². The molecule has 0 aliphatic carbocycles. The number of nitrogens with one attached hydrogen (secondary N) is 1. The summed E-state index contributed by atoms with van der Waals surface area (Å²) < 4.78 is 40.3. The molecule has 100 valence electrons. The Morgan fingerprint density at radius 2 is 1.74 bits per heavy atom. The molecule has 0 heterocycles. The number of benzene rings is 2. The molecule has 0 amide bonds. The van der Waals surface area contributed by atoms with Crippen LogP contribution in [0.2, 0.25) is 5.02 Å². The monoisotopic (exact) mass is 285 g/mol. The van der Waals surface area contributed by atoms with E-state index >= 15 is 0 Å². The number of halogens is 4. The third-order valence-electron chi connectivity index (χ3n) is 2.73. The molecule has 5 heteroatoms. The van der Waals surface area contributed by atoms with Crippen molar-refractivity contribution >= 4 is 17.3 Å². The highest BCUT2D eigenvalue weighted by atomic mass is 35.5. The zero-order valence-corrected chi connectivity index (χ0v) is 10.8. The second-order valence-corrected chi connectivity index (χ2v) is 4.59. The Kier molecular flexibility index (Phi) is 4.00. The van der Waals surface area contributed by atoms with Crippen LogP contribution < -0.4 is 5.32 Å². The van der Waals surface area contributed by atoms with Gasteiger partial charge in [-0.1, -0.05) is 11.6 Å². The first-order chi connectivity index (χ1) is 8.97. The van der Waals surface area contributed by atoms with Crippen molar-refractivity contribution in [1.82, 2.24) is 0 Å². The van der Waals surface area contributed by atoms with Gasteiger partial charge in [0.25, 0.3) is 0 Å². The topological polar surface area (TPSA) is 12.0 Å². The van der Waals surface area contributed by atoms with Gasteiger partial charge in [-0.2, -0.15) is 0 Å². The van der Waals surface area contributed by atoms with Crippen molar-refractivity contribution in [1.29, 1.82) is 0 Å². The molecule has 1 N–H and O–H groups in total. The standard InChI is InChI=1S/C14H11ClF3N/c1-8(11-7-10(16)3-4-12(11)17)19-14-5-2-9(15)6-13(14)18/h2-8,19H,1H3. The summed E-state index contributed by atoms with van der Waals surface area (Å²) in [4.78, 5) is 0. The first-order valence-electron chi connectivity index (χ1n) is 5.64. The van der Waals surface area contributed by atoms with Gasteiger partial charge in [-0.25, -0.2) is 13.2 Å². The zero-order valence-electron chi connectivity index (χ0n) is 10.1. The summed E-state index contributed by atoms with van der Waals surface area (Å²) in [6.07, 6.45) is 0. The normalized spacial score (nSPS) is 12.3. The maximum absolute atomic E-state index is 13.6. The van der Waals surface area contributed by atoms with Gasteiger partial charge in [0.15, 0.2) is 0 Å². The van der Waals surface area contributed by atoms with Crippen LogP contribution in [0.3, 0.4) is 0 Å². The van der Waals surface area contributed by atoms with Gasteiger partial charge in [0.2, 0.25) is 0 Å². The average molecular weight is 286 g/mol. The minimum absolute atomic E-state index is 0.134. The highest BCUT2D eigenvalue weighted by molar-refractivity contribution is 6.30. The fourth-order valence-corrected chi connectivity index (χ4v) is 1.92. The molecule has 0 spiro atoms. The Bertz CT molecular complexity index is 601. The lowest BCUT2D eigenvalue weighted by atomic mass is 10.1. The Labute approximate surface area is 114 Å². The molecule has 2 aromatic rings. The summed E-state index contributed by atoms with van der Waals surface area (Å²) in [7, 11) is 0. The van der Waals surface area contributed by atoms with Gasteiger partial charge in [0, 0.05) is 10.6 Å². The Morgan fingerprint density at radius 3 is 2.42 bits per heavy atom. The minimum atomic E-state index is -0.577. The smallest absolute Gasteiger partial charge is 0.147 e. The molecule has 2 rings (SSSR count). The van der Waals surface area contributed by atoms with Gasteiger partial charge in [0.05, 0.1) is 11.7 Å². The molecule has 0 saturated carbocycles. The Morgan fingerprint density at radius 1 is 1.00 bits per heavy atom. The molecular weight excluding hydrogens is 275 g/mol. The third-order valence-corrected chi connectivity index (χ3v) is 2.96. The highest BCUT2D eigenvalue weighted by Gasteiger charge is 2.13. The fraction of sp³-hybridized carbons (Fsp3) is 0.143. The van der Waals surface area contributed by atoms with Gasteiger partial charge < -0.3 is 5.32 Å². The summed E-state index contributed by atoms with van der Waals surface area (Å²) >= 11 is 5.64. The lowest BCUT2D eigenvalue weighted by molar-refractivity contribution is 0.575. The lowest BCUT2D eigenvalue weighted by Crippen LogP contribution is -2.10. The molecule has 0 saturated heterocycles. The van der Waals surface area contributed by atoms with Crippen LogP contribution in [-0.4, -0.2) is 0 Å². The summed E-state index contributed by atoms with van der Waals surface area (Å²) in [5.74, 6) is -1.63. The average Bonchev–Trinajstić information content (AvgIpc) is 2.35. The lowest BCUT2D eigenvalue weighted by Gasteiger charge is -2.17. The van der Waals surface area contributed by atoms with Gasteiger partial charge in [-0.05, 0) is 43.3 Å². The van der Waals surface area contributed by atoms with E-state index in [1.807, 2.05) is 0 Å². The number of rotatable bonds is 3. The molecule has 1 nitrogen and oxygen atoms in total. The summed E-state index contributed by atoms with van der Waals surface area (Å²) in [5, 5.41) is 3.05. The van der Waals surface area contributed by atoms with Crippen LogP contribution in [0.4, 0.5) is 18.9 Å². The molecule has 0 bridgehead atoms. The van der Waals surface area contributed by atoms with E-state index in [0.717, 1.165) is 24.3 Å². The van der Waals surface area contributed by atoms with Gasteiger partial charge in [-0.3, -0.25) is 0 Å². The maximum atomic E-state index is 13.6. The van der Waals surface area contributed by atoms with E-state index < -0.39 is 23.5 Å². The van der Waals surface area contributed by atoms with E-state index in [-0.39, 0.29) is 16.3 Å². The zero-order chi connectivity index (χ0) is 14.0. The van der Waals surface area contributed by atoms with Crippen LogP contribution in [0.1, 0.15) is 18.5 Å². The van der Waals surface area contributed by atoms with Gasteiger partial charge in [0.1, 0.15) is 17.5 Å². The molecule has 0 aromatic heterocycles. The van der Waals surface area contributed by atoms with E-state index in [9.17, 15) is 13.2 Å². The van der Waals surface area contributed by atoms with Crippen molar-refractivity contribution in [3.05, 3.63) is 64.4 Å². The molecular formula is C14H11ClF3N. The molecule has 19 heavy (non-hydrogen) atoms. The van der Waals surface area contributed by atoms with Crippen molar-refractivity contribution in [3.63, 3.8) is 0 Å². The largest absolute Gasteiger partial charge is 0.376 e. The second-order valence-electron chi connectivity index (χ2n) is 4.16. The summed E-state index contributed by atoms with van der Waals surface area (Å²) in [5.41, 5.74) is 0.315. The SMILES string of the molecule is CC(Nc1ccc(Cl)cc1F)c1cc(F)ccc1F. The van der Waals surface area contributed by atoms with Crippen molar-refractivity contribution in [2.24, 2.45) is 0 Å².